The molecule has 1 aromatic carbocycles. The Labute approximate surface area is 218 Å². The van der Waals surface area contributed by atoms with Crippen LogP contribution in [0.1, 0.15) is 64.0 Å². The standard InChI is InChI=1S/C27H35N5O4S/c1-18-9-11-21(12-10-18)37(34,35)32-16-22(20-7-6-8-20)23-24(28-17-29-25(23)32)31-14-13-30(15-19(31)2)26(33)36-27(3,4)5/h9-12,16-17,19-20H,6-8,13-15H2,1-5H3/t19-/m0/s1. The van der Waals surface area contributed by atoms with E-state index < -0.39 is 15.6 Å². The Hall–Kier alpha value is -3.14. The van der Waals surface area contributed by atoms with Crippen molar-refractivity contribution in [1.82, 2.24) is 18.8 Å². The summed E-state index contributed by atoms with van der Waals surface area (Å²) in [4.78, 5) is 25.9. The number of hydrogen-bond acceptors (Lipinski definition) is 7. The zero-order valence-corrected chi connectivity index (χ0v) is 23.0. The highest BCUT2D eigenvalue weighted by atomic mass is 32.2. The quantitative estimate of drug-likeness (QED) is 0.487. The smallest absolute Gasteiger partial charge is 0.410 e. The summed E-state index contributed by atoms with van der Waals surface area (Å²) in [6.07, 6.45) is 6.02. The van der Waals surface area contributed by atoms with Crippen LogP contribution in [0.2, 0.25) is 0 Å². The van der Waals surface area contributed by atoms with Gasteiger partial charge >= 0.3 is 6.09 Å². The molecule has 9 nitrogen and oxygen atoms in total. The first-order valence-corrected chi connectivity index (χ1v) is 14.3. The van der Waals surface area contributed by atoms with Crippen molar-refractivity contribution in [2.24, 2.45) is 0 Å². The van der Waals surface area contributed by atoms with Crippen LogP contribution in [0, 0.1) is 6.92 Å². The fourth-order valence-electron chi connectivity index (χ4n) is 5.06. The maximum atomic E-state index is 13.7. The van der Waals surface area contributed by atoms with Crippen LogP contribution in [0.4, 0.5) is 10.6 Å². The molecule has 0 spiro atoms. The summed E-state index contributed by atoms with van der Waals surface area (Å²) in [7, 11) is -3.84. The molecule has 10 heteroatoms. The summed E-state index contributed by atoms with van der Waals surface area (Å²) in [5, 5.41) is 0.792. The van der Waals surface area contributed by atoms with Crippen molar-refractivity contribution in [1.29, 1.82) is 0 Å². The van der Waals surface area contributed by atoms with E-state index in [1.165, 1.54) is 10.3 Å². The van der Waals surface area contributed by atoms with E-state index in [0.717, 1.165) is 41.6 Å². The van der Waals surface area contributed by atoms with Crippen molar-refractivity contribution in [3.05, 3.63) is 47.9 Å². The predicted octanol–water partition coefficient (Wildman–Crippen LogP) is 4.69. The molecule has 1 saturated carbocycles. The molecule has 2 fully saturated rings. The highest BCUT2D eigenvalue weighted by Gasteiger charge is 2.35. The Morgan fingerprint density at radius 2 is 1.78 bits per heavy atom. The number of anilines is 1. The molecule has 1 atom stereocenters. The second-order valence-electron chi connectivity index (χ2n) is 11.2. The average molecular weight is 526 g/mol. The molecule has 0 radical (unpaired) electrons. The van der Waals surface area contributed by atoms with Crippen LogP contribution in [0.5, 0.6) is 0 Å². The molecule has 37 heavy (non-hydrogen) atoms. The van der Waals surface area contributed by atoms with Crippen LogP contribution in [0.15, 0.2) is 41.7 Å². The van der Waals surface area contributed by atoms with Crippen molar-refractivity contribution in [2.75, 3.05) is 24.5 Å². The Bertz CT molecular complexity index is 1420. The van der Waals surface area contributed by atoms with E-state index in [1.54, 1.807) is 35.4 Å². The number of ether oxygens (including phenoxy) is 1. The zero-order chi connectivity index (χ0) is 26.5. The Balaban J connectivity index is 1.54. The first kappa shape index (κ1) is 25.5. The average Bonchev–Trinajstić information content (AvgIpc) is 3.17. The van der Waals surface area contributed by atoms with Crippen LogP contribution >= 0.6 is 0 Å². The van der Waals surface area contributed by atoms with Gasteiger partial charge in [-0.2, -0.15) is 0 Å². The number of aromatic nitrogens is 3. The number of piperazine rings is 1. The third-order valence-corrected chi connectivity index (χ3v) is 8.90. The largest absolute Gasteiger partial charge is 0.444 e. The molecular formula is C27H35N5O4S. The molecular weight excluding hydrogens is 490 g/mol. The summed E-state index contributed by atoms with van der Waals surface area (Å²) in [5.74, 6) is 1.00. The molecule has 3 aromatic rings. The van der Waals surface area contributed by atoms with Crippen molar-refractivity contribution < 1.29 is 17.9 Å². The number of carbonyl (C=O) groups excluding carboxylic acids is 1. The monoisotopic (exact) mass is 525 g/mol. The third kappa shape index (κ3) is 4.79. The van der Waals surface area contributed by atoms with E-state index >= 15 is 0 Å². The van der Waals surface area contributed by atoms with Gasteiger partial charge in [0, 0.05) is 31.9 Å². The molecule has 1 aliphatic carbocycles. The predicted molar refractivity (Wildman–Crippen MR) is 142 cm³/mol. The molecule has 1 amide bonds. The fourth-order valence-corrected chi connectivity index (χ4v) is 6.39. The molecule has 198 valence electrons. The number of amides is 1. The maximum Gasteiger partial charge on any atom is 0.410 e. The summed E-state index contributed by atoms with van der Waals surface area (Å²) >= 11 is 0. The number of hydrogen-bond donors (Lipinski definition) is 0. The summed E-state index contributed by atoms with van der Waals surface area (Å²) in [6.45, 7) is 11.1. The Morgan fingerprint density at radius 1 is 1.08 bits per heavy atom. The van der Waals surface area contributed by atoms with Crippen molar-refractivity contribution in [2.45, 2.75) is 76.3 Å². The second-order valence-corrected chi connectivity index (χ2v) is 13.0. The van der Waals surface area contributed by atoms with Crippen LogP contribution < -0.4 is 4.90 Å². The summed E-state index contributed by atoms with van der Waals surface area (Å²) in [5.41, 5.74) is 1.82. The molecule has 2 aliphatic rings. The van der Waals surface area contributed by atoms with Crippen LogP contribution in [-0.4, -0.2) is 64.6 Å². The van der Waals surface area contributed by atoms with Gasteiger partial charge in [-0.15, -0.1) is 0 Å². The first-order valence-electron chi connectivity index (χ1n) is 12.9. The van der Waals surface area contributed by atoms with Gasteiger partial charge in [-0.05, 0) is 71.1 Å². The van der Waals surface area contributed by atoms with Crippen molar-refractivity contribution in [3.8, 4) is 0 Å². The van der Waals surface area contributed by atoms with Gasteiger partial charge in [0.05, 0.1) is 10.3 Å². The van der Waals surface area contributed by atoms with E-state index in [4.69, 9.17) is 4.74 Å². The number of nitrogens with zero attached hydrogens (tertiary/aromatic N) is 5. The van der Waals surface area contributed by atoms with E-state index in [-0.39, 0.29) is 22.9 Å². The number of rotatable bonds is 4. The minimum atomic E-state index is -3.84. The molecule has 0 N–H and O–H groups in total. The molecule has 2 aromatic heterocycles. The highest BCUT2D eigenvalue weighted by molar-refractivity contribution is 7.90. The molecule has 0 unspecified atom stereocenters. The van der Waals surface area contributed by atoms with Gasteiger partial charge in [-0.25, -0.2) is 27.2 Å². The fraction of sp³-hybridized carbons (Fsp3) is 0.519. The normalized spacial score (nSPS) is 19.2. The van der Waals surface area contributed by atoms with Crippen LogP contribution in [-0.2, 0) is 14.8 Å². The van der Waals surface area contributed by atoms with E-state index in [2.05, 4.69) is 14.9 Å². The molecule has 1 aliphatic heterocycles. The third-order valence-electron chi connectivity index (χ3n) is 7.24. The lowest BCUT2D eigenvalue weighted by Crippen LogP contribution is -2.54. The molecule has 1 saturated heterocycles. The van der Waals surface area contributed by atoms with Crippen molar-refractivity contribution >= 4 is 33.0 Å². The summed E-state index contributed by atoms with van der Waals surface area (Å²) < 4.78 is 34.3. The number of aryl methyl sites for hydroxylation is 1. The number of carbonyl (C=O) groups is 1. The summed E-state index contributed by atoms with van der Waals surface area (Å²) in [6, 6.07) is 6.85. The second kappa shape index (κ2) is 9.31. The Morgan fingerprint density at radius 3 is 2.38 bits per heavy atom. The zero-order valence-electron chi connectivity index (χ0n) is 22.1. The minimum absolute atomic E-state index is 0.0364. The van der Waals surface area contributed by atoms with Crippen LogP contribution in [0.3, 0.4) is 0 Å². The van der Waals surface area contributed by atoms with Gasteiger partial charge in [0.1, 0.15) is 17.7 Å². The van der Waals surface area contributed by atoms with Gasteiger partial charge < -0.3 is 14.5 Å². The van der Waals surface area contributed by atoms with Gasteiger partial charge in [0.15, 0.2) is 5.65 Å². The number of benzene rings is 1. The number of fused-ring (bicyclic) bond motifs is 1. The first-order chi connectivity index (χ1) is 17.5. The van der Waals surface area contributed by atoms with Gasteiger partial charge in [-0.1, -0.05) is 24.1 Å². The van der Waals surface area contributed by atoms with E-state index in [9.17, 15) is 13.2 Å². The van der Waals surface area contributed by atoms with Crippen molar-refractivity contribution in [3.63, 3.8) is 0 Å². The molecule has 5 rings (SSSR count). The maximum absolute atomic E-state index is 13.7. The highest BCUT2D eigenvalue weighted by Crippen LogP contribution is 2.43. The molecule has 3 heterocycles. The van der Waals surface area contributed by atoms with E-state index in [0.29, 0.717) is 25.3 Å². The Kier molecular flexibility index (Phi) is 6.42. The van der Waals surface area contributed by atoms with Gasteiger partial charge in [0.25, 0.3) is 10.0 Å². The van der Waals surface area contributed by atoms with Gasteiger partial charge in [0.2, 0.25) is 0 Å². The van der Waals surface area contributed by atoms with Gasteiger partial charge in [-0.3, -0.25) is 0 Å². The van der Waals surface area contributed by atoms with E-state index in [1.807, 2.05) is 34.6 Å². The SMILES string of the molecule is Cc1ccc(S(=O)(=O)n2cc(C3CCC3)c3c(N4CCN(C(=O)OC(C)(C)C)C[C@@H]4C)ncnc32)cc1. The lowest BCUT2D eigenvalue weighted by Gasteiger charge is -2.41. The minimum Gasteiger partial charge on any atom is -0.444 e. The molecule has 0 bridgehead atoms. The lowest BCUT2D eigenvalue weighted by atomic mass is 9.80. The lowest BCUT2D eigenvalue weighted by molar-refractivity contribution is 0.0218. The van der Waals surface area contributed by atoms with Crippen LogP contribution in [0.25, 0.3) is 11.0 Å². The topological polar surface area (TPSA) is 97.6 Å².